The third-order valence-corrected chi connectivity index (χ3v) is 5.58. The van der Waals surface area contributed by atoms with Gasteiger partial charge in [0, 0.05) is 42.7 Å². The Hall–Kier alpha value is -3.22. The maximum Gasteiger partial charge on any atom is 0.410 e. The number of sulfone groups is 1. The molecule has 186 valence electrons. The Morgan fingerprint density at radius 2 is 1.97 bits per heavy atom. The number of nitrogens with zero attached hydrogens (tertiary/aromatic N) is 4. The topological polar surface area (TPSA) is 147 Å². The van der Waals surface area contributed by atoms with E-state index in [9.17, 15) is 22.4 Å². The van der Waals surface area contributed by atoms with Crippen LogP contribution >= 0.6 is 0 Å². The molecule has 13 heteroatoms. The summed E-state index contributed by atoms with van der Waals surface area (Å²) < 4.78 is 49.9. The van der Waals surface area contributed by atoms with Gasteiger partial charge in [-0.1, -0.05) is 0 Å². The van der Waals surface area contributed by atoms with Gasteiger partial charge in [-0.15, -0.1) is 0 Å². The quantitative estimate of drug-likeness (QED) is 0.635. The molecule has 2 aromatic rings. The van der Waals surface area contributed by atoms with Gasteiger partial charge in [0.1, 0.15) is 23.1 Å². The zero-order chi connectivity index (χ0) is 25.3. The molecular formula is C21H28FN5O6S. The van der Waals surface area contributed by atoms with Crippen molar-refractivity contribution >= 4 is 21.8 Å². The average Bonchev–Trinajstić information content (AvgIpc) is 3.14. The maximum absolute atomic E-state index is 14.8. The van der Waals surface area contributed by atoms with Crippen LogP contribution in [0.15, 0.2) is 24.7 Å². The third kappa shape index (κ3) is 6.65. The monoisotopic (exact) mass is 497 g/mol. The number of rotatable bonds is 6. The SMILES string of the molecule is CC(C)(C)OC(=O)N1CC[C@@H](Oc2ncc(-c3cnn(CS(C)(=O)=O)c3)cc2C(N)=O)[C@@H](F)C1. The predicted molar refractivity (Wildman–Crippen MR) is 121 cm³/mol. The smallest absolute Gasteiger partial charge is 0.410 e. The van der Waals surface area contributed by atoms with Crippen molar-refractivity contribution in [2.45, 2.75) is 50.9 Å². The lowest BCUT2D eigenvalue weighted by Gasteiger charge is -2.35. The Morgan fingerprint density at radius 1 is 1.26 bits per heavy atom. The molecule has 2 N–H and O–H groups in total. The van der Waals surface area contributed by atoms with Crippen molar-refractivity contribution in [3.8, 4) is 17.0 Å². The number of carbonyl (C=O) groups excluding carboxylic acids is 2. The van der Waals surface area contributed by atoms with Gasteiger partial charge in [-0.3, -0.25) is 9.48 Å². The van der Waals surface area contributed by atoms with Crippen LogP contribution in [0.5, 0.6) is 5.88 Å². The van der Waals surface area contributed by atoms with Crippen LogP contribution in [-0.2, 0) is 20.5 Å². The molecule has 0 aliphatic carbocycles. The van der Waals surface area contributed by atoms with Gasteiger partial charge in [-0.25, -0.2) is 22.6 Å². The maximum atomic E-state index is 14.8. The number of carbonyl (C=O) groups is 2. The normalized spacial score (nSPS) is 19.0. The highest BCUT2D eigenvalue weighted by Crippen LogP contribution is 2.27. The van der Waals surface area contributed by atoms with Gasteiger partial charge in [0.15, 0.2) is 16.0 Å². The van der Waals surface area contributed by atoms with E-state index in [-0.39, 0.29) is 36.8 Å². The number of likely N-dealkylation sites (tertiary alicyclic amines) is 1. The second-order valence-electron chi connectivity index (χ2n) is 9.15. The van der Waals surface area contributed by atoms with Crippen LogP contribution in [0.1, 0.15) is 37.6 Å². The van der Waals surface area contributed by atoms with E-state index in [4.69, 9.17) is 15.2 Å². The molecule has 3 rings (SSSR count). The molecule has 11 nitrogen and oxygen atoms in total. The Kier molecular flexibility index (Phi) is 7.15. The number of hydrogen-bond acceptors (Lipinski definition) is 8. The highest BCUT2D eigenvalue weighted by molar-refractivity contribution is 7.89. The number of nitrogens with two attached hydrogens (primary N) is 1. The summed E-state index contributed by atoms with van der Waals surface area (Å²) in [5.74, 6) is -1.25. The van der Waals surface area contributed by atoms with Gasteiger partial charge in [-0.05, 0) is 26.8 Å². The van der Waals surface area contributed by atoms with Gasteiger partial charge >= 0.3 is 6.09 Å². The zero-order valence-corrected chi connectivity index (χ0v) is 20.2. The summed E-state index contributed by atoms with van der Waals surface area (Å²) in [7, 11) is -3.29. The van der Waals surface area contributed by atoms with Crippen molar-refractivity contribution in [2.24, 2.45) is 5.73 Å². The Morgan fingerprint density at radius 3 is 2.56 bits per heavy atom. The van der Waals surface area contributed by atoms with Gasteiger partial charge in [0.25, 0.3) is 5.91 Å². The standard InChI is InChI=1S/C21H28FN5O6S/c1-21(2,3)33-20(29)26-6-5-17(16(22)11-26)32-19-15(18(23)28)7-13(8-24-19)14-9-25-27(10-14)12-34(4,30)31/h7-10,16-17H,5-6,11-12H2,1-4H3,(H2,23,28)/t16-,17+/m0/s1. The summed E-state index contributed by atoms with van der Waals surface area (Å²) in [6.07, 6.45) is 2.50. The summed E-state index contributed by atoms with van der Waals surface area (Å²) in [6.45, 7) is 5.17. The first kappa shape index (κ1) is 25.4. The summed E-state index contributed by atoms with van der Waals surface area (Å²) in [5, 5.41) is 3.99. The molecule has 0 aromatic carbocycles. The first-order valence-corrected chi connectivity index (χ1v) is 12.6. The summed E-state index contributed by atoms with van der Waals surface area (Å²) in [5.41, 5.74) is 5.70. The fourth-order valence-electron chi connectivity index (χ4n) is 3.36. The third-order valence-electron chi connectivity index (χ3n) is 4.85. The molecule has 0 bridgehead atoms. The van der Waals surface area contributed by atoms with Gasteiger partial charge < -0.3 is 20.1 Å². The van der Waals surface area contributed by atoms with E-state index in [1.165, 1.54) is 34.2 Å². The molecule has 2 amide bonds. The molecule has 34 heavy (non-hydrogen) atoms. The number of halogens is 1. The first-order chi connectivity index (χ1) is 15.7. The van der Waals surface area contributed by atoms with E-state index >= 15 is 0 Å². The second-order valence-corrected chi connectivity index (χ2v) is 11.3. The van der Waals surface area contributed by atoms with E-state index in [2.05, 4.69) is 10.1 Å². The Balaban J connectivity index is 1.73. The average molecular weight is 498 g/mol. The van der Waals surface area contributed by atoms with E-state index in [0.29, 0.717) is 11.1 Å². The minimum absolute atomic E-state index is 0.0601. The molecular weight excluding hydrogens is 469 g/mol. The fraction of sp³-hybridized carbons (Fsp3) is 0.524. The number of ether oxygens (including phenoxy) is 2. The Bertz CT molecular complexity index is 1180. The van der Waals surface area contributed by atoms with Crippen molar-refractivity contribution in [1.29, 1.82) is 0 Å². The first-order valence-electron chi connectivity index (χ1n) is 10.5. The Labute approximate surface area is 196 Å². The van der Waals surface area contributed by atoms with Gasteiger partial charge in [0.2, 0.25) is 5.88 Å². The molecule has 3 heterocycles. The molecule has 1 aliphatic rings. The number of pyridine rings is 1. The summed E-state index contributed by atoms with van der Waals surface area (Å²) >= 11 is 0. The van der Waals surface area contributed by atoms with Crippen molar-refractivity contribution in [1.82, 2.24) is 19.7 Å². The summed E-state index contributed by atoms with van der Waals surface area (Å²) in [4.78, 5) is 29.6. The van der Waals surface area contributed by atoms with E-state index in [1.807, 2.05) is 0 Å². The largest absolute Gasteiger partial charge is 0.471 e. The number of amides is 2. The predicted octanol–water partition coefficient (Wildman–Crippen LogP) is 1.77. The minimum atomic E-state index is -3.29. The van der Waals surface area contributed by atoms with Crippen LogP contribution in [0.3, 0.4) is 0 Å². The number of piperidine rings is 1. The molecule has 1 aliphatic heterocycles. The molecule has 2 atom stereocenters. The lowest BCUT2D eigenvalue weighted by molar-refractivity contribution is -0.0115. The van der Waals surface area contributed by atoms with Crippen LogP contribution in [0.25, 0.3) is 11.1 Å². The van der Waals surface area contributed by atoms with Crippen LogP contribution in [0, 0.1) is 0 Å². The van der Waals surface area contributed by atoms with Crippen molar-refractivity contribution in [3.05, 3.63) is 30.2 Å². The molecule has 0 spiro atoms. The lowest BCUT2D eigenvalue weighted by Crippen LogP contribution is -2.50. The highest BCUT2D eigenvalue weighted by Gasteiger charge is 2.35. The van der Waals surface area contributed by atoms with E-state index < -0.39 is 39.7 Å². The fourth-order valence-corrected chi connectivity index (χ4v) is 3.98. The molecule has 1 saturated heterocycles. The van der Waals surface area contributed by atoms with E-state index in [1.54, 1.807) is 20.8 Å². The molecule has 0 unspecified atom stereocenters. The van der Waals surface area contributed by atoms with Crippen molar-refractivity contribution in [3.63, 3.8) is 0 Å². The number of primary amides is 1. The highest BCUT2D eigenvalue weighted by atomic mass is 32.2. The number of alkyl halides is 1. The lowest BCUT2D eigenvalue weighted by atomic mass is 10.1. The van der Waals surface area contributed by atoms with Gasteiger partial charge in [-0.2, -0.15) is 5.10 Å². The second kappa shape index (κ2) is 9.57. The minimum Gasteiger partial charge on any atom is -0.471 e. The van der Waals surface area contributed by atoms with E-state index in [0.717, 1.165) is 6.26 Å². The number of hydrogen-bond donors (Lipinski definition) is 1. The van der Waals surface area contributed by atoms with Crippen LogP contribution in [0.2, 0.25) is 0 Å². The molecule has 2 aromatic heterocycles. The summed E-state index contributed by atoms with van der Waals surface area (Å²) in [6, 6.07) is 1.43. The molecule has 0 radical (unpaired) electrons. The van der Waals surface area contributed by atoms with Crippen molar-refractivity contribution < 1.29 is 31.9 Å². The number of aromatic nitrogens is 3. The van der Waals surface area contributed by atoms with Crippen molar-refractivity contribution in [2.75, 3.05) is 19.3 Å². The molecule has 1 fully saturated rings. The van der Waals surface area contributed by atoms with Crippen LogP contribution in [-0.4, -0.2) is 77.3 Å². The van der Waals surface area contributed by atoms with Crippen LogP contribution < -0.4 is 10.5 Å². The van der Waals surface area contributed by atoms with Gasteiger partial charge in [0.05, 0.1) is 12.7 Å². The zero-order valence-electron chi connectivity index (χ0n) is 19.4. The molecule has 0 saturated carbocycles. The van der Waals surface area contributed by atoms with Crippen LogP contribution in [0.4, 0.5) is 9.18 Å².